The fraction of sp³-hybridized carbons (Fsp3) is 0.800. The predicted octanol–water partition coefficient (Wildman–Crippen LogP) is 0.809. The molecule has 15 heavy (non-hydrogen) atoms. The van der Waals surface area contributed by atoms with Gasteiger partial charge in [0.1, 0.15) is 0 Å². The van der Waals surface area contributed by atoms with E-state index >= 15 is 0 Å². The van der Waals surface area contributed by atoms with Crippen LogP contribution in [0.25, 0.3) is 0 Å². The monoisotopic (exact) mass is 231 g/mol. The van der Waals surface area contributed by atoms with Crippen molar-refractivity contribution < 1.29 is 14.3 Å². The average Bonchev–Trinajstić information content (AvgIpc) is 2.98. The lowest BCUT2D eigenvalue weighted by molar-refractivity contribution is -0.139. The van der Waals surface area contributed by atoms with Crippen LogP contribution in [0.1, 0.15) is 19.8 Å². The van der Waals surface area contributed by atoms with Gasteiger partial charge in [-0.3, -0.25) is 9.59 Å². The van der Waals surface area contributed by atoms with Gasteiger partial charge in [0.25, 0.3) is 0 Å². The summed E-state index contributed by atoms with van der Waals surface area (Å²) >= 11 is 1.29. The Morgan fingerprint density at radius 2 is 2.13 bits per heavy atom. The van der Waals surface area contributed by atoms with Crippen molar-refractivity contribution in [2.45, 2.75) is 19.8 Å². The summed E-state index contributed by atoms with van der Waals surface area (Å²) in [5.41, 5.74) is 0. The fourth-order valence-electron chi connectivity index (χ4n) is 1.06. The second-order valence-electron chi connectivity index (χ2n) is 3.55. The molecule has 1 amide bonds. The van der Waals surface area contributed by atoms with Gasteiger partial charge >= 0.3 is 5.97 Å². The van der Waals surface area contributed by atoms with Gasteiger partial charge < -0.3 is 10.1 Å². The number of hydrogen-bond donors (Lipinski definition) is 1. The van der Waals surface area contributed by atoms with E-state index in [9.17, 15) is 9.59 Å². The zero-order valence-corrected chi connectivity index (χ0v) is 9.77. The molecule has 0 saturated heterocycles. The molecule has 1 aliphatic rings. The molecule has 0 spiro atoms. The van der Waals surface area contributed by atoms with Gasteiger partial charge in [0.15, 0.2) is 0 Å². The summed E-state index contributed by atoms with van der Waals surface area (Å²) in [4.78, 5) is 22.2. The molecular weight excluding hydrogens is 214 g/mol. The van der Waals surface area contributed by atoms with Gasteiger partial charge in [-0.25, -0.2) is 0 Å². The number of rotatable bonds is 7. The lowest BCUT2D eigenvalue weighted by Gasteiger charge is -2.03. The molecule has 0 aromatic heterocycles. The van der Waals surface area contributed by atoms with Crippen LogP contribution < -0.4 is 5.32 Å². The molecule has 0 aromatic carbocycles. The van der Waals surface area contributed by atoms with Crippen molar-refractivity contribution >= 4 is 23.6 Å². The number of carbonyl (C=O) groups is 2. The van der Waals surface area contributed by atoms with Crippen molar-refractivity contribution in [1.82, 2.24) is 5.32 Å². The first-order chi connectivity index (χ1) is 7.22. The maximum atomic E-state index is 11.2. The van der Waals surface area contributed by atoms with E-state index < -0.39 is 0 Å². The number of amides is 1. The molecule has 1 N–H and O–H groups in total. The number of carbonyl (C=O) groups excluding carboxylic acids is 2. The van der Waals surface area contributed by atoms with Gasteiger partial charge in [0.05, 0.1) is 18.1 Å². The minimum atomic E-state index is -0.252. The second kappa shape index (κ2) is 6.71. The first-order valence-electron chi connectivity index (χ1n) is 5.22. The molecule has 0 aliphatic heterocycles. The maximum Gasteiger partial charge on any atom is 0.315 e. The molecule has 1 saturated carbocycles. The third kappa shape index (κ3) is 6.38. The summed E-state index contributed by atoms with van der Waals surface area (Å²) in [5, 5.41) is 2.84. The molecule has 5 heteroatoms. The molecule has 86 valence electrons. The Kier molecular flexibility index (Phi) is 5.53. The van der Waals surface area contributed by atoms with E-state index in [1.54, 1.807) is 6.92 Å². The van der Waals surface area contributed by atoms with Gasteiger partial charge in [-0.15, -0.1) is 11.8 Å². The van der Waals surface area contributed by atoms with Crippen molar-refractivity contribution in [3.05, 3.63) is 0 Å². The molecule has 0 unspecified atom stereocenters. The van der Waals surface area contributed by atoms with E-state index in [1.807, 2.05) is 0 Å². The minimum Gasteiger partial charge on any atom is -0.465 e. The van der Waals surface area contributed by atoms with Gasteiger partial charge in [-0.05, 0) is 25.7 Å². The highest BCUT2D eigenvalue weighted by Crippen LogP contribution is 2.27. The van der Waals surface area contributed by atoms with E-state index in [0.29, 0.717) is 18.3 Å². The Balaban J connectivity index is 1.93. The maximum absolute atomic E-state index is 11.2. The highest BCUT2D eigenvalue weighted by atomic mass is 32.2. The van der Waals surface area contributed by atoms with E-state index in [0.717, 1.165) is 6.54 Å². The van der Waals surface area contributed by atoms with Gasteiger partial charge in [-0.1, -0.05) is 0 Å². The summed E-state index contributed by atoms with van der Waals surface area (Å²) in [5.74, 6) is 1.05. The molecule has 4 nitrogen and oxygen atoms in total. The molecular formula is C10H17NO3S. The average molecular weight is 231 g/mol. The van der Waals surface area contributed by atoms with Crippen LogP contribution in [0.3, 0.4) is 0 Å². The number of hydrogen-bond acceptors (Lipinski definition) is 4. The van der Waals surface area contributed by atoms with E-state index in [-0.39, 0.29) is 17.6 Å². The van der Waals surface area contributed by atoms with Gasteiger partial charge in [-0.2, -0.15) is 0 Å². The first kappa shape index (κ1) is 12.4. The Morgan fingerprint density at radius 3 is 2.73 bits per heavy atom. The molecule has 0 bridgehead atoms. The Hall–Kier alpha value is -0.710. The van der Waals surface area contributed by atoms with Crippen molar-refractivity contribution in [1.29, 1.82) is 0 Å². The Bertz CT molecular complexity index is 229. The van der Waals surface area contributed by atoms with Crippen molar-refractivity contribution in [3.8, 4) is 0 Å². The van der Waals surface area contributed by atoms with Crippen LogP contribution >= 0.6 is 11.8 Å². The van der Waals surface area contributed by atoms with Crippen molar-refractivity contribution in [2.24, 2.45) is 5.92 Å². The van der Waals surface area contributed by atoms with E-state index in [2.05, 4.69) is 5.32 Å². The number of thioether (sulfide) groups is 1. The largest absolute Gasteiger partial charge is 0.465 e. The van der Waals surface area contributed by atoms with E-state index in [4.69, 9.17) is 4.74 Å². The summed E-state index contributed by atoms with van der Waals surface area (Å²) in [6, 6.07) is 0. The van der Waals surface area contributed by atoms with Crippen LogP contribution in [0.5, 0.6) is 0 Å². The van der Waals surface area contributed by atoms with Crippen LogP contribution in [0.2, 0.25) is 0 Å². The predicted molar refractivity (Wildman–Crippen MR) is 59.7 cm³/mol. The number of esters is 1. The molecule has 1 aliphatic carbocycles. The highest BCUT2D eigenvalue weighted by Gasteiger charge is 2.21. The Labute approximate surface area is 94.1 Å². The molecule has 0 atom stereocenters. The number of nitrogens with one attached hydrogen (secondary N) is 1. The first-order valence-corrected chi connectivity index (χ1v) is 6.38. The van der Waals surface area contributed by atoms with Crippen molar-refractivity contribution in [3.63, 3.8) is 0 Å². The SMILES string of the molecule is CCOC(=O)CSCC(=O)NCC1CC1. The van der Waals surface area contributed by atoms with Gasteiger partial charge in [0, 0.05) is 6.54 Å². The van der Waals surface area contributed by atoms with Crippen LogP contribution in [0, 0.1) is 5.92 Å². The molecule has 0 radical (unpaired) electrons. The highest BCUT2D eigenvalue weighted by molar-refractivity contribution is 8.00. The van der Waals surface area contributed by atoms with Crippen LogP contribution in [0.15, 0.2) is 0 Å². The Morgan fingerprint density at radius 1 is 1.40 bits per heavy atom. The molecule has 1 rings (SSSR count). The topological polar surface area (TPSA) is 55.4 Å². The summed E-state index contributed by atoms with van der Waals surface area (Å²) in [6.45, 7) is 2.96. The number of ether oxygens (including phenoxy) is 1. The zero-order chi connectivity index (χ0) is 11.1. The smallest absolute Gasteiger partial charge is 0.315 e. The molecule has 0 heterocycles. The summed E-state index contributed by atoms with van der Waals surface area (Å²) in [6.07, 6.45) is 2.46. The lowest BCUT2D eigenvalue weighted by Crippen LogP contribution is -2.27. The normalized spacial score (nSPS) is 14.7. The standard InChI is InChI=1S/C10H17NO3S/c1-2-14-10(13)7-15-6-9(12)11-5-8-3-4-8/h8H,2-7H2,1H3,(H,11,12). The molecule has 0 aromatic rings. The van der Waals surface area contributed by atoms with Gasteiger partial charge in [0.2, 0.25) is 5.91 Å². The second-order valence-corrected chi connectivity index (χ2v) is 4.53. The third-order valence-corrected chi connectivity index (χ3v) is 2.95. The molecule has 1 fully saturated rings. The lowest BCUT2D eigenvalue weighted by atomic mass is 10.4. The minimum absolute atomic E-state index is 0.0104. The van der Waals surface area contributed by atoms with Crippen LogP contribution in [-0.2, 0) is 14.3 Å². The summed E-state index contributed by atoms with van der Waals surface area (Å²) in [7, 11) is 0. The summed E-state index contributed by atoms with van der Waals surface area (Å²) < 4.78 is 4.74. The zero-order valence-electron chi connectivity index (χ0n) is 8.95. The fourth-order valence-corrected chi connectivity index (χ4v) is 1.70. The third-order valence-electron chi connectivity index (χ3n) is 2.04. The van der Waals surface area contributed by atoms with Crippen LogP contribution in [-0.4, -0.2) is 36.5 Å². The van der Waals surface area contributed by atoms with Crippen LogP contribution in [0.4, 0.5) is 0 Å². The van der Waals surface area contributed by atoms with Crippen molar-refractivity contribution in [2.75, 3.05) is 24.7 Å². The van der Waals surface area contributed by atoms with E-state index in [1.165, 1.54) is 24.6 Å². The quantitative estimate of drug-likeness (QED) is 0.659.